The van der Waals surface area contributed by atoms with Crippen molar-refractivity contribution in [3.63, 3.8) is 0 Å². The molecule has 0 unspecified atom stereocenters. The summed E-state index contributed by atoms with van der Waals surface area (Å²) in [4.78, 5) is 25.7. The highest BCUT2D eigenvalue weighted by Gasteiger charge is 2.11. The van der Waals surface area contributed by atoms with Crippen molar-refractivity contribution < 1.29 is 4.79 Å². The maximum absolute atomic E-state index is 12.7. The SMILES string of the molecule is Cc1nc(N)ccc1CNC(=O)c1ccnc(Cc2cc(CN)c3ncc(Cl)cc3c2)c1. The van der Waals surface area contributed by atoms with Gasteiger partial charge in [-0.1, -0.05) is 23.7 Å². The minimum Gasteiger partial charge on any atom is -0.384 e. The van der Waals surface area contributed by atoms with Crippen molar-refractivity contribution in [2.75, 3.05) is 5.73 Å². The summed E-state index contributed by atoms with van der Waals surface area (Å²) in [5.41, 5.74) is 17.5. The molecule has 0 radical (unpaired) electrons. The third-order valence-electron chi connectivity index (χ3n) is 5.23. The van der Waals surface area contributed by atoms with Crippen LogP contribution < -0.4 is 16.8 Å². The first-order valence-electron chi connectivity index (χ1n) is 10.1. The Labute approximate surface area is 190 Å². The molecular formula is C24H23ClN6O. The van der Waals surface area contributed by atoms with Crippen molar-refractivity contribution in [3.05, 3.63) is 93.5 Å². The smallest absolute Gasteiger partial charge is 0.251 e. The molecule has 0 atom stereocenters. The van der Waals surface area contributed by atoms with Gasteiger partial charge in [0.1, 0.15) is 5.82 Å². The third-order valence-corrected chi connectivity index (χ3v) is 5.44. The van der Waals surface area contributed by atoms with Crippen molar-refractivity contribution in [3.8, 4) is 0 Å². The molecule has 0 saturated heterocycles. The molecule has 8 heteroatoms. The maximum atomic E-state index is 12.7. The fourth-order valence-corrected chi connectivity index (χ4v) is 3.79. The molecule has 162 valence electrons. The number of carbonyl (C=O) groups is 1. The quantitative estimate of drug-likeness (QED) is 0.416. The fourth-order valence-electron chi connectivity index (χ4n) is 3.62. The van der Waals surface area contributed by atoms with Crippen LogP contribution in [-0.4, -0.2) is 20.9 Å². The second-order valence-corrected chi connectivity index (χ2v) is 8.00. The molecule has 0 fully saturated rings. The molecule has 3 aromatic heterocycles. The van der Waals surface area contributed by atoms with E-state index in [4.69, 9.17) is 23.1 Å². The maximum Gasteiger partial charge on any atom is 0.251 e. The first kappa shape index (κ1) is 21.7. The van der Waals surface area contributed by atoms with Crippen molar-refractivity contribution in [2.45, 2.75) is 26.4 Å². The van der Waals surface area contributed by atoms with Gasteiger partial charge in [0.15, 0.2) is 0 Å². The highest BCUT2D eigenvalue weighted by molar-refractivity contribution is 6.31. The van der Waals surface area contributed by atoms with Crippen LogP contribution in [0, 0.1) is 6.92 Å². The number of nitrogens with one attached hydrogen (secondary N) is 1. The third kappa shape index (κ3) is 4.85. The molecule has 0 aliphatic rings. The zero-order valence-electron chi connectivity index (χ0n) is 17.6. The Balaban J connectivity index is 1.52. The summed E-state index contributed by atoms with van der Waals surface area (Å²) in [6.45, 7) is 2.60. The summed E-state index contributed by atoms with van der Waals surface area (Å²) in [6.07, 6.45) is 3.81. The summed E-state index contributed by atoms with van der Waals surface area (Å²) in [5, 5.41) is 4.43. The second kappa shape index (κ2) is 9.30. The van der Waals surface area contributed by atoms with Crippen molar-refractivity contribution in [1.82, 2.24) is 20.3 Å². The van der Waals surface area contributed by atoms with Crippen LogP contribution in [0.25, 0.3) is 10.9 Å². The molecule has 1 aromatic carbocycles. The normalized spacial score (nSPS) is 11.0. The Morgan fingerprint density at radius 1 is 1.09 bits per heavy atom. The van der Waals surface area contributed by atoms with E-state index in [2.05, 4.69) is 20.3 Å². The average Bonchev–Trinajstić information content (AvgIpc) is 2.77. The Hall–Kier alpha value is -3.55. The van der Waals surface area contributed by atoms with Gasteiger partial charge in [0.2, 0.25) is 0 Å². The Morgan fingerprint density at radius 2 is 1.94 bits per heavy atom. The van der Waals surface area contributed by atoms with Crippen LogP contribution in [0.15, 0.2) is 54.9 Å². The lowest BCUT2D eigenvalue weighted by Gasteiger charge is -2.10. The van der Waals surface area contributed by atoms with E-state index >= 15 is 0 Å². The summed E-state index contributed by atoms with van der Waals surface area (Å²) in [7, 11) is 0. The lowest BCUT2D eigenvalue weighted by atomic mass is 10.0. The van der Waals surface area contributed by atoms with Crippen molar-refractivity contribution in [2.24, 2.45) is 5.73 Å². The number of aromatic nitrogens is 3. The number of anilines is 1. The highest BCUT2D eigenvalue weighted by atomic mass is 35.5. The molecule has 1 amide bonds. The molecule has 0 saturated carbocycles. The number of hydrogen-bond acceptors (Lipinski definition) is 6. The standard InChI is InChI=1S/C24H23ClN6O/c1-14-17(2-3-22(27)31-14)12-30-24(32)16-4-5-28-21(10-16)8-15-6-18-9-20(25)13-29-23(18)19(7-15)11-26/h2-7,9-10,13H,8,11-12,26H2,1H3,(H2,27,31)(H,30,32). The minimum absolute atomic E-state index is 0.179. The topological polar surface area (TPSA) is 120 Å². The molecule has 0 aliphatic carbocycles. The number of halogens is 1. The molecule has 0 bridgehead atoms. The van der Waals surface area contributed by atoms with E-state index in [1.807, 2.05) is 31.2 Å². The summed E-state index contributed by atoms with van der Waals surface area (Å²) < 4.78 is 0. The zero-order chi connectivity index (χ0) is 22.7. The molecule has 4 aromatic rings. The van der Waals surface area contributed by atoms with Crippen LogP contribution >= 0.6 is 11.6 Å². The van der Waals surface area contributed by atoms with E-state index in [1.54, 1.807) is 30.6 Å². The van der Waals surface area contributed by atoms with Crippen molar-refractivity contribution in [1.29, 1.82) is 0 Å². The molecular weight excluding hydrogens is 424 g/mol. The van der Waals surface area contributed by atoms with Gasteiger partial charge in [-0.3, -0.25) is 14.8 Å². The van der Waals surface area contributed by atoms with Crippen LogP contribution in [-0.2, 0) is 19.5 Å². The van der Waals surface area contributed by atoms with Crippen LogP contribution in [0.3, 0.4) is 0 Å². The number of pyridine rings is 3. The van der Waals surface area contributed by atoms with E-state index in [1.165, 1.54) is 0 Å². The molecule has 3 heterocycles. The summed E-state index contributed by atoms with van der Waals surface area (Å²) in [6, 6.07) is 13.0. The molecule has 0 spiro atoms. The van der Waals surface area contributed by atoms with Gasteiger partial charge < -0.3 is 16.8 Å². The number of nitrogens with two attached hydrogens (primary N) is 2. The predicted molar refractivity (Wildman–Crippen MR) is 126 cm³/mol. The average molecular weight is 447 g/mol. The minimum atomic E-state index is -0.179. The molecule has 7 nitrogen and oxygen atoms in total. The molecule has 5 N–H and O–H groups in total. The van der Waals surface area contributed by atoms with Gasteiger partial charge in [-0.25, -0.2) is 4.98 Å². The number of aryl methyl sites for hydroxylation is 1. The lowest BCUT2D eigenvalue weighted by Crippen LogP contribution is -2.23. The molecule has 0 aliphatic heterocycles. The van der Waals surface area contributed by atoms with Gasteiger partial charge in [-0.05, 0) is 53.9 Å². The van der Waals surface area contributed by atoms with Crippen LogP contribution in [0.4, 0.5) is 5.82 Å². The van der Waals surface area contributed by atoms with Gasteiger partial charge >= 0.3 is 0 Å². The van der Waals surface area contributed by atoms with Crippen LogP contribution in [0.2, 0.25) is 5.02 Å². The van der Waals surface area contributed by atoms with Gasteiger partial charge in [-0.15, -0.1) is 0 Å². The highest BCUT2D eigenvalue weighted by Crippen LogP contribution is 2.23. The van der Waals surface area contributed by atoms with E-state index in [9.17, 15) is 4.79 Å². The number of nitrogen functional groups attached to an aromatic ring is 1. The Kier molecular flexibility index (Phi) is 6.30. The number of rotatable bonds is 6. The second-order valence-electron chi connectivity index (χ2n) is 7.56. The van der Waals surface area contributed by atoms with E-state index in [0.29, 0.717) is 35.9 Å². The fraction of sp³-hybridized carbons (Fsp3) is 0.167. The van der Waals surface area contributed by atoms with Gasteiger partial charge in [0.25, 0.3) is 5.91 Å². The van der Waals surface area contributed by atoms with Gasteiger partial charge in [0.05, 0.1) is 10.5 Å². The zero-order valence-corrected chi connectivity index (χ0v) is 18.4. The number of fused-ring (bicyclic) bond motifs is 1. The lowest BCUT2D eigenvalue weighted by molar-refractivity contribution is 0.0950. The summed E-state index contributed by atoms with van der Waals surface area (Å²) in [5.74, 6) is 0.280. The largest absolute Gasteiger partial charge is 0.384 e. The first-order valence-corrected chi connectivity index (χ1v) is 10.5. The number of amides is 1. The van der Waals surface area contributed by atoms with Crippen LogP contribution in [0.1, 0.15) is 38.4 Å². The monoisotopic (exact) mass is 446 g/mol. The summed E-state index contributed by atoms with van der Waals surface area (Å²) >= 11 is 6.11. The predicted octanol–water partition coefficient (Wildman–Crippen LogP) is 3.55. The van der Waals surface area contributed by atoms with Gasteiger partial charge in [0, 0.05) is 54.2 Å². The van der Waals surface area contributed by atoms with Crippen LogP contribution in [0.5, 0.6) is 0 Å². The number of benzene rings is 1. The molecule has 4 rings (SSSR count). The first-order chi connectivity index (χ1) is 15.4. The number of carbonyl (C=O) groups excluding carboxylic acids is 1. The van der Waals surface area contributed by atoms with Crippen molar-refractivity contribution >= 4 is 34.2 Å². The Morgan fingerprint density at radius 3 is 2.72 bits per heavy atom. The van der Waals surface area contributed by atoms with Gasteiger partial charge in [-0.2, -0.15) is 0 Å². The van der Waals surface area contributed by atoms with E-state index in [0.717, 1.165) is 39.0 Å². The Bertz CT molecular complexity index is 1310. The van der Waals surface area contributed by atoms with E-state index < -0.39 is 0 Å². The number of hydrogen-bond donors (Lipinski definition) is 3. The molecule has 32 heavy (non-hydrogen) atoms. The number of nitrogens with zero attached hydrogens (tertiary/aromatic N) is 3. The van der Waals surface area contributed by atoms with E-state index in [-0.39, 0.29) is 5.91 Å².